The van der Waals surface area contributed by atoms with E-state index in [9.17, 15) is 8.42 Å². The van der Waals surface area contributed by atoms with Gasteiger partial charge in [0.2, 0.25) is 10.0 Å². The molecule has 4 heteroatoms. The maximum absolute atomic E-state index is 12.2. The number of hydrogen-bond acceptors (Lipinski definition) is 2. The lowest BCUT2D eigenvalue weighted by Gasteiger charge is -2.23. The Labute approximate surface area is 116 Å². The van der Waals surface area contributed by atoms with Crippen LogP contribution in [-0.4, -0.2) is 20.2 Å². The summed E-state index contributed by atoms with van der Waals surface area (Å²) in [7, 11) is -3.18. The number of nitrogens with one attached hydrogen (secondary N) is 1. The van der Waals surface area contributed by atoms with Crippen molar-refractivity contribution >= 4 is 10.0 Å². The molecule has 1 aliphatic rings. The maximum Gasteiger partial charge on any atom is 0.212 e. The smallest absolute Gasteiger partial charge is 0.212 e. The summed E-state index contributed by atoms with van der Waals surface area (Å²) in [6.07, 6.45) is 5.49. The van der Waals surface area contributed by atoms with Gasteiger partial charge in [0, 0.05) is 6.04 Å². The molecule has 1 atom stereocenters. The van der Waals surface area contributed by atoms with Crippen molar-refractivity contribution in [3.05, 3.63) is 35.9 Å². The van der Waals surface area contributed by atoms with Gasteiger partial charge < -0.3 is 0 Å². The van der Waals surface area contributed by atoms with Gasteiger partial charge in [0.25, 0.3) is 0 Å². The predicted octanol–water partition coefficient (Wildman–Crippen LogP) is 3.04. The summed E-state index contributed by atoms with van der Waals surface area (Å²) in [6.45, 7) is 1.97. The van der Waals surface area contributed by atoms with Crippen LogP contribution in [0.5, 0.6) is 0 Å². The predicted molar refractivity (Wildman–Crippen MR) is 78.7 cm³/mol. The highest BCUT2D eigenvalue weighted by Gasteiger charge is 2.22. The summed E-state index contributed by atoms with van der Waals surface area (Å²) in [4.78, 5) is 0. The summed E-state index contributed by atoms with van der Waals surface area (Å²) in [5.74, 6) is 0.204. The molecule has 3 nitrogen and oxygen atoms in total. The molecule has 1 aromatic carbocycles. The Bertz CT molecular complexity index is 478. The minimum absolute atomic E-state index is 0.0299. The Morgan fingerprint density at radius 2 is 1.79 bits per heavy atom. The Morgan fingerprint density at radius 3 is 2.42 bits per heavy atom. The topological polar surface area (TPSA) is 46.2 Å². The quantitative estimate of drug-likeness (QED) is 0.901. The molecular formula is C15H23NO2S. The fraction of sp³-hybridized carbons (Fsp3) is 0.600. The van der Waals surface area contributed by atoms with Crippen LogP contribution in [0.25, 0.3) is 0 Å². The standard InChI is InChI=1S/C15H23NO2S/c1-13(14-8-4-2-5-9-14)12-19(17,18)16-15-10-6-3-7-11-15/h2,4-5,8-9,13,15-16H,3,6-7,10-12H2,1H3. The van der Waals surface area contributed by atoms with Crippen molar-refractivity contribution in [2.75, 3.05) is 5.75 Å². The molecule has 2 rings (SSSR count). The summed E-state index contributed by atoms with van der Waals surface area (Å²) < 4.78 is 27.2. The molecule has 1 N–H and O–H groups in total. The Hall–Kier alpha value is -0.870. The second-order valence-electron chi connectivity index (χ2n) is 5.55. The average molecular weight is 281 g/mol. The van der Waals surface area contributed by atoms with Gasteiger partial charge in [-0.3, -0.25) is 0 Å². The molecule has 1 aromatic rings. The molecular weight excluding hydrogens is 258 g/mol. The van der Waals surface area contributed by atoms with Gasteiger partial charge >= 0.3 is 0 Å². The first-order valence-electron chi connectivity index (χ1n) is 7.12. The van der Waals surface area contributed by atoms with E-state index in [0.29, 0.717) is 0 Å². The van der Waals surface area contributed by atoms with Crippen molar-refractivity contribution < 1.29 is 8.42 Å². The molecule has 1 aliphatic carbocycles. The van der Waals surface area contributed by atoms with Gasteiger partial charge in [-0.2, -0.15) is 0 Å². The van der Waals surface area contributed by atoms with E-state index in [0.717, 1.165) is 31.2 Å². The lowest BCUT2D eigenvalue weighted by Crippen LogP contribution is -2.38. The van der Waals surface area contributed by atoms with Crippen molar-refractivity contribution in [2.24, 2.45) is 0 Å². The Morgan fingerprint density at radius 1 is 1.16 bits per heavy atom. The van der Waals surface area contributed by atoms with Crippen LogP contribution in [0.3, 0.4) is 0 Å². The molecule has 0 aromatic heterocycles. The van der Waals surface area contributed by atoms with E-state index >= 15 is 0 Å². The van der Waals surface area contributed by atoms with Crippen LogP contribution in [0.4, 0.5) is 0 Å². The normalized spacial score (nSPS) is 19.2. The van der Waals surface area contributed by atoms with E-state index < -0.39 is 10.0 Å². The molecule has 0 saturated heterocycles. The highest BCUT2D eigenvalue weighted by Crippen LogP contribution is 2.20. The molecule has 1 fully saturated rings. The summed E-state index contributed by atoms with van der Waals surface area (Å²) >= 11 is 0. The monoisotopic (exact) mass is 281 g/mol. The maximum atomic E-state index is 12.2. The zero-order chi connectivity index (χ0) is 13.7. The van der Waals surface area contributed by atoms with Crippen LogP contribution in [0.2, 0.25) is 0 Å². The first kappa shape index (κ1) is 14.5. The fourth-order valence-electron chi connectivity index (χ4n) is 2.73. The summed E-state index contributed by atoms with van der Waals surface area (Å²) in [6, 6.07) is 9.98. The minimum atomic E-state index is -3.18. The van der Waals surface area contributed by atoms with Crippen LogP contribution in [-0.2, 0) is 10.0 Å². The van der Waals surface area contributed by atoms with Gasteiger partial charge in [-0.05, 0) is 24.3 Å². The SMILES string of the molecule is CC(CS(=O)(=O)NC1CCCCC1)c1ccccc1. The molecule has 0 aliphatic heterocycles. The third kappa shape index (κ3) is 4.62. The van der Waals surface area contributed by atoms with Crippen molar-refractivity contribution in [1.29, 1.82) is 0 Å². The highest BCUT2D eigenvalue weighted by molar-refractivity contribution is 7.89. The number of sulfonamides is 1. The molecule has 106 valence electrons. The van der Waals surface area contributed by atoms with Gasteiger partial charge in [0.15, 0.2) is 0 Å². The van der Waals surface area contributed by atoms with Crippen LogP contribution >= 0.6 is 0 Å². The third-order valence-electron chi connectivity index (χ3n) is 3.79. The Kier molecular flexibility index (Phi) is 4.99. The lowest BCUT2D eigenvalue weighted by atomic mass is 9.96. The third-order valence-corrected chi connectivity index (χ3v) is 5.42. The molecule has 19 heavy (non-hydrogen) atoms. The Balaban J connectivity index is 1.93. The van der Waals surface area contributed by atoms with Crippen molar-refractivity contribution in [1.82, 2.24) is 4.72 Å². The zero-order valence-corrected chi connectivity index (χ0v) is 12.3. The fourth-order valence-corrected chi connectivity index (χ4v) is 4.42. The van der Waals surface area contributed by atoms with E-state index in [1.807, 2.05) is 37.3 Å². The van der Waals surface area contributed by atoms with Gasteiger partial charge in [-0.25, -0.2) is 13.1 Å². The first-order valence-corrected chi connectivity index (χ1v) is 8.77. The van der Waals surface area contributed by atoms with Gasteiger partial charge in [-0.1, -0.05) is 56.5 Å². The average Bonchev–Trinajstić information content (AvgIpc) is 2.39. The zero-order valence-electron chi connectivity index (χ0n) is 11.5. The van der Waals surface area contributed by atoms with Crippen LogP contribution in [0, 0.1) is 0 Å². The summed E-state index contributed by atoms with van der Waals surface area (Å²) in [5, 5.41) is 0. The second-order valence-corrected chi connectivity index (χ2v) is 7.34. The molecule has 0 heterocycles. The van der Waals surface area contributed by atoms with Gasteiger partial charge in [0.05, 0.1) is 5.75 Å². The lowest BCUT2D eigenvalue weighted by molar-refractivity contribution is 0.411. The van der Waals surface area contributed by atoms with E-state index in [1.165, 1.54) is 6.42 Å². The van der Waals surface area contributed by atoms with E-state index in [2.05, 4.69) is 4.72 Å². The second kappa shape index (κ2) is 6.53. The number of rotatable bonds is 5. The highest BCUT2D eigenvalue weighted by atomic mass is 32.2. The number of hydrogen-bond donors (Lipinski definition) is 1. The molecule has 0 spiro atoms. The molecule has 0 radical (unpaired) electrons. The van der Waals surface area contributed by atoms with Gasteiger partial charge in [0.1, 0.15) is 0 Å². The molecule has 1 saturated carbocycles. The van der Waals surface area contributed by atoms with Crippen molar-refractivity contribution in [3.63, 3.8) is 0 Å². The molecule has 0 amide bonds. The van der Waals surface area contributed by atoms with Crippen LogP contribution in [0.1, 0.15) is 50.5 Å². The van der Waals surface area contributed by atoms with E-state index in [-0.39, 0.29) is 17.7 Å². The number of benzene rings is 1. The van der Waals surface area contributed by atoms with Crippen LogP contribution in [0.15, 0.2) is 30.3 Å². The van der Waals surface area contributed by atoms with Crippen LogP contribution < -0.4 is 4.72 Å². The first-order chi connectivity index (χ1) is 9.07. The van der Waals surface area contributed by atoms with E-state index in [1.54, 1.807) is 0 Å². The summed E-state index contributed by atoms with van der Waals surface area (Å²) in [5.41, 5.74) is 1.08. The molecule has 1 unspecified atom stereocenters. The van der Waals surface area contributed by atoms with Crippen molar-refractivity contribution in [3.8, 4) is 0 Å². The van der Waals surface area contributed by atoms with Crippen molar-refractivity contribution in [2.45, 2.75) is 51.0 Å². The van der Waals surface area contributed by atoms with E-state index in [4.69, 9.17) is 0 Å². The molecule has 0 bridgehead atoms. The minimum Gasteiger partial charge on any atom is -0.212 e. The van der Waals surface area contributed by atoms with Gasteiger partial charge in [-0.15, -0.1) is 0 Å². The largest absolute Gasteiger partial charge is 0.212 e.